The zero-order valence-electron chi connectivity index (χ0n) is 16.2. The van der Waals surface area contributed by atoms with Crippen LogP contribution in [0.15, 0.2) is 42.5 Å². The molecule has 2 aromatic carbocycles. The fourth-order valence-electron chi connectivity index (χ4n) is 4.63. The van der Waals surface area contributed by atoms with Crippen LogP contribution in [-0.4, -0.2) is 43.8 Å². The van der Waals surface area contributed by atoms with E-state index >= 15 is 0 Å². The van der Waals surface area contributed by atoms with Gasteiger partial charge in [-0.05, 0) is 62.3 Å². The van der Waals surface area contributed by atoms with E-state index in [1.54, 1.807) is 6.08 Å². The number of aryl methyl sites for hydroxylation is 1. The van der Waals surface area contributed by atoms with E-state index < -0.39 is 0 Å². The second-order valence-electron chi connectivity index (χ2n) is 7.94. The van der Waals surface area contributed by atoms with Crippen molar-refractivity contribution in [1.29, 1.82) is 0 Å². The number of anilines is 1. The quantitative estimate of drug-likeness (QED) is 0.752. The maximum absolute atomic E-state index is 13.2. The lowest BCUT2D eigenvalue weighted by molar-refractivity contribution is -0.114. The van der Waals surface area contributed by atoms with Crippen molar-refractivity contribution in [2.24, 2.45) is 0 Å². The van der Waals surface area contributed by atoms with Crippen LogP contribution < -0.4 is 14.4 Å². The Labute approximate surface area is 165 Å². The first-order valence-corrected chi connectivity index (χ1v) is 9.80. The highest BCUT2D eigenvalue weighted by Gasteiger charge is 2.43. The van der Waals surface area contributed by atoms with Crippen LogP contribution in [0, 0.1) is 6.92 Å². The maximum Gasteiger partial charge on any atom is 0.251 e. The number of piperidine rings is 1. The molecule has 5 nitrogen and oxygen atoms in total. The number of likely N-dealkylation sites (tertiary alicyclic amines) is 1. The van der Waals surface area contributed by atoms with E-state index in [2.05, 4.69) is 37.1 Å². The van der Waals surface area contributed by atoms with Gasteiger partial charge >= 0.3 is 0 Å². The number of amides is 1. The van der Waals surface area contributed by atoms with Crippen molar-refractivity contribution in [2.45, 2.75) is 25.3 Å². The van der Waals surface area contributed by atoms with Gasteiger partial charge in [0.05, 0.1) is 0 Å². The molecule has 144 valence electrons. The summed E-state index contributed by atoms with van der Waals surface area (Å²) in [7, 11) is 2.16. The monoisotopic (exact) mass is 376 g/mol. The van der Waals surface area contributed by atoms with Gasteiger partial charge in [0, 0.05) is 30.3 Å². The lowest BCUT2D eigenvalue weighted by Crippen LogP contribution is -2.46. The van der Waals surface area contributed by atoms with Gasteiger partial charge in [0.1, 0.15) is 0 Å². The molecule has 0 bridgehead atoms. The van der Waals surface area contributed by atoms with Crippen LogP contribution in [0.25, 0.3) is 6.08 Å². The molecule has 5 heteroatoms. The molecule has 5 rings (SSSR count). The Bertz CT molecular complexity index is 968. The van der Waals surface area contributed by atoms with Gasteiger partial charge in [-0.15, -0.1) is 0 Å². The number of nitrogens with zero attached hydrogens (tertiary/aromatic N) is 2. The molecule has 28 heavy (non-hydrogen) atoms. The number of fused-ring (bicyclic) bond motifs is 4. The molecule has 2 aromatic rings. The number of hydrogen-bond donors (Lipinski definition) is 0. The molecule has 3 aliphatic heterocycles. The van der Waals surface area contributed by atoms with Gasteiger partial charge in [-0.25, -0.2) is 0 Å². The smallest absolute Gasteiger partial charge is 0.251 e. The predicted octanol–water partition coefficient (Wildman–Crippen LogP) is 3.57. The van der Waals surface area contributed by atoms with Crippen LogP contribution in [0.4, 0.5) is 5.69 Å². The third kappa shape index (κ3) is 2.87. The molecular formula is C23H24N2O3. The molecule has 2 atom stereocenters. The zero-order chi connectivity index (χ0) is 19.3. The van der Waals surface area contributed by atoms with Crippen LogP contribution in [-0.2, 0) is 4.79 Å². The van der Waals surface area contributed by atoms with Crippen molar-refractivity contribution in [1.82, 2.24) is 4.90 Å². The molecule has 2 unspecified atom stereocenters. The normalized spacial score (nSPS) is 23.1. The van der Waals surface area contributed by atoms with E-state index in [1.165, 1.54) is 11.1 Å². The largest absolute Gasteiger partial charge is 0.454 e. The summed E-state index contributed by atoms with van der Waals surface area (Å²) in [6.07, 6.45) is 4.54. The minimum absolute atomic E-state index is 0.0415. The Balaban J connectivity index is 1.44. The predicted molar refractivity (Wildman–Crippen MR) is 109 cm³/mol. The highest BCUT2D eigenvalue weighted by Crippen LogP contribution is 2.45. The molecule has 0 saturated carbocycles. The number of likely N-dealkylation sites (N-methyl/N-ethyl adjacent to an activating group) is 1. The van der Waals surface area contributed by atoms with Crippen molar-refractivity contribution in [3.8, 4) is 11.5 Å². The van der Waals surface area contributed by atoms with Gasteiger partial charge in [-0.1, -0.05) is 23.8 Å². The van der Waals surface area contributed by atoms with Crippen LogP contribution in [0.3, 0.4) is 0 Å². The summed E-state index contributed by atoms with van der Waals surface area (Å²) < 4.78 is 10.8. The number of benzene rings is 2. The molecule has 3 heterocycles. The Morgan fingerprint density at radius 3 is 2.89 bits per heavy atom. The van der Waals surface area contributed by atoms with E-state index in [0.29, 0.717) is 5.92 Å². The van der Waals surface area contributed by atoms with Crippen LogP contribution in [0.1, 0.15) is 29.0 Å². The van der Waals surface area contributed by atoms with E-state index in [0.717, 1.165) is 42.3 Å². The third-order valence-electron chi connectivity index (χ3n) is 6.01. The van der Waals surface area contributed by atoms with Crippen molar-refractivity contribution in [3.05, 3.63) is 59.2 Å². The third-order valence-corrected chi connectivity index (χ3v) is 6.01. The fourth-order valence-corrected chi connectivity index (χ4v) is 4.63. The Morgan fingerprint density at radius 2 is 2.00 bits per heavy atom. The van der Waals surface area contributed by atoms with Gasteiger partial charge in [0.25, 0.3) is 5.91 Å². The number of ether oxygens (including phenoxy) is 2. The van der Waals surface area contributed by atoms with E-state index in [1.807, 2.05) is 29.2 Å². The van der Waals surface area contributed by atoms with Crippen LogP contribution >= 0.6 is 0 Å². The molecule has 0 radical (unpaired) electrons. The molecule has 1 saturated heterocycles. The topological polar surface area (TPSA) is 42.0 Å². The van der Waals surface area contributed by atoms with E-state index in [9.17, 15) is 4.79 Å². The number of rotatable bonds is 2. The first kappa shape index (κ1) is 17.3. The van der Waals surface area contributed by atoms with E-state index in [4.69, 9.17) is 9.47 Å². The molecule has 0 spiro atoms. The lowest BCUT2D eigenvalue weighted by atomic mass is 9.89. The number of carbonyl (C=O) groups is 1. The highest BCUT2D eigenvalue weighted by molar-refractivity contribution is 6.06. The fraction of sp³-hybridized carbons (Fsp3) is 0.348. The Kier molecular flexibility index (Phi) is 4.13. The van der Waals surface area contributed by atoms with Gasteiger partial charge in [0.15, 0.2) is 11.5 Å². The van der Waals surface area contributed by atoms with Crippen molar-refractivity contribution in [3.63, 3.8) is 0 Å². The average Bonchev–Trinajstić information content (AvgIpc) is 3.27. The molecule has 1 fully saturated rings. The summed E-state index contributed by atoms with van der Waals surface area (Å²) in [5.41, 5.74) is 4.55. The number of carbonyl (C=O) groups excluding carboxylic acids is 1. The minimum atomic E-state index is 0.0415. The van der Waals surface area contributed by atoms with Gasteiger partial charge in [-0.2, -0.15) is 0 Å². The lowest BCUT2D eigenvalue weighted by Gasteiger charge is -2.36. The Morgan fingerprint density at radius 1 is 1.14 bits per heavy atom. The zero-order valence-corrected chi connectivity index (χ0v) is 16.2. The van der Waals surface area contributed by atoms with Gasteiger partial charge < -0.3 is 19.3 Å². The maximum atomic E-state index is 13.2. The van der Waals surface area contributed by atoms with Gasteiger partial charge in [0.2, 0.25) is 6.79 Å². The van der Waals surface area contributed by atoms with Crippen LogP contribution in [0.5, 0.6) is 11.5 Å². The number of hydrogen-bond acceptors (Lipinski definition) is 4. The first-order valence-electron chi connectivity index (χ1n) is 9.80. The highest BCUT2D eigenvalue weighted by atomic mass is 16.7. The van der Waals surface area contributed by atoms with Crippen molar-refractivity contribution < 1.29 is 14.3 Å². The second kappa shape index (κ2) is 6.67. The first-order chi connectivity index (χ1) is 13.6. The summed E-state index contributed by atoms with van der Waals surface area (Å²) in [6, 6.07) is 12.4. The summed E-state index contributed by atoms with van der Waals surface area (Å²) >= 11 is 0. The summed E-state index contributed by atoms with van der Waals surface area (Å²) in [4.78, 5) is 17.6. The molecule has 0 aromatic heterocycles. The Hall–Kier alpha value is -2.79. The van der Waals surface area contributed by atoms with Crippen molar-refractivity contribution in [2.75, 3.05) is 31.8 Å². The molecule has 1 amide bonds. The summed E-state index contributed by atoms with van der Waals surface area (Å²) in [5, 5.41) is 0. The molecular weight excluding hydrogens is 352 g/mol. The van der Waals surface area contributed by atoms with Crippen molar-refractivity contribution >= 4 is 17.7 Å². The SMILES string of the molecule is Cc1ccc2c(c1)C1CN(C)CCC1N2C(=O)/C=C/c1ccc2c(c1)OCO2. The molecule has 0 aliphatic carbocycles. The molecule has 0 N–H and O–H groups in total. The average molecular weight is 376 g/mol. The van der Waals surface area contributed by atoms with E-state index in [-0.39, 0.29) is 18.7 Å². The van der Waals surface area contributed by atoms with Crippen LogP contribution in [0.2, 0.25) is 0 Å². The molecule has 3 aliphatic rings. The minimum Gasteiger partial charge on any atom is -0.454 e. The van der Waals surface area contributed by atoms with Gasteiger partial charge in [-0.3, -0.25) is 4.79 Å². The standard InChI is InChI=1S/C23H24N2O3/c1-15-3-6-19-17(11-15)18-13-24(2)10-9-20(18)25(19)23(26)8-5-16-4-7-21-22(12-16)28-14-27-21/h3-8,11-12,18,20H,9-10,13-14H2,1-2H3/b8-5+. The second-order valence-corrected chi connectivity index (χ2v) is 7.94. The summed E-state index contributed by atoms with van der Waals surface area (Å²) in [6.45, 7) is 4.38. The summed E-state index contributed by atoms with van der Waals surface area (Å²) in [5.74, 6) is 1.91.